The molecule has 1 fully saturated rings. The van der Waals surface area contributed by atoms with E-state index in [1.165, 1.54) is 0 Å². The number of amides is 1. The van der Waals surface area contributed by atoms with Crippen molar-refractivity contribution in [3.8, 4) is 23.0 Å². The summed E-state index contributed by atoms with van der Waals surface area (Å²) in [6, 6.07) is 7.81. The first-order chi connectivity index (χ1) is 13.8. The first-order valence-electron chi connectivity index (χ1n) is 9.88. The van der Waals surface area contributed by atoms with E-state index in [-0.39, 0.29) is 17.2 Å². The van der Waals surface area contributed by atoms with Gasteiger partial charge in [0.05, 0.1) is 11.1 Å². The maximum Gasteiger partial charge on any atom is 0.228 e. The Morgan fingerprint density at radius 2 is 2.03 bits per heavy atom. The van der Waals surface area contributed by atoms with E-state index in [0.717, 1.165) is 46.9 Å². The minimum atomic E-state index is -0.121. The summed E-state index contributed by atoms with van der Waals surface area (Å²) in [5, 5.41) is 10.9. The van der Waals surface area contributed by atoms with Crippen molar-refractivity contribution < 1.29 is 4.79 Å². The molecule has 0 unspecified atom stereocenters. The normalized spacial score (nSPS) is 14.2. The summed E-state index contributed by atoms with van der Waals surface area (Å²) < 4.78 is 0. The van der Waals surface area contributed by atoms with Gasteiger partial charge in [0.2, 0.25) is 5.91 Å². The topological polar surface area (TPSA) is 96.7 Å². The van der Waals surface area contributed by atoms with Gasteiger partial charge in [0.25, 0.3) is 0 Å². The van der Waals surface area contributed by atoms with E-state index in [9.17, 15) is 4.79 Å². The first kappa shape index (κ1) is 19.0. The zero-order valence-electron chi connectivity index (χ0n) is 17.0. The monoisotopic (exact) mass is 387 g/mol. The molecule has 6 nitrogen and oxygen atoms in total. The van der Waals surface area contributed by atoms with Gasteiger partial charge >= 0.3 is 0 Å². The van der Waals surface area contributed by atoms with Gasteiger partial charge in [-0.2, -0.15) is 5.10 Å². The Kier molecular flexibility index (Phi) is 4.75. The molecule has 0 saturated heterocycles. The van der Waals surface area contributed by atoms with Crippen LogP contribution in [0.1, 0.15) is 45.6 Å². The molecule has 0 spiro atoms. The van der Waals surface area contributed by atoms with Crippen LogP contribution >= 0.6 is 0 Å². The Hall–Kier alpha value is -3.33. The Bertz CT molecular complexity index is 1140. The van der Waals surface area contributed by atoms with Crippen molar-refractivity contribution in [1.82, 2.24) is 15.2 Å². The van der Waals surface area contributed by atoms with E-state index in [1.54, 1.807) is 6.20 Å². The van der Waals surface area contributed by atoms with Crippen LogP contribution < -0.4 is 11.1 Å². The molecule has 1 aliphatic rings. The maximum atomic E-state index is 12.3. The number of benzene rings is 1. The predicted octanol–water partition coefficient (Wildman–Crippen LogP) is 4.34. The fourth-order valence-corrected chi connectivity index (χ4v) is 3.24. The van der Waals surface area contributed by atoms with Crippen molar-refractivity contribution in [3.05, 3.63) is 36.0 Å². The van der Waals surface area contributed by atoms with Gasteiger partial charge in [0, 0.05) is 22.9 Å². The Labute approximate surface area is 170 Å². The van der Waals surface area contributed by atoms with Gasteiger partial charge in [0.1, 0.15) is 5.82 Å². The average molecular weight is 387 g/mol. The summed E-state index contributed by atoms with van der Waals surface area (Å²) in [4.78, 5) is 16.6. The molecule has 0 bridgehead atoms. The molecule has 2 heterocycles. The van der Waals surface area contributed by atoms with Crippen molar-refractivity contribution in [1.29, 1.82) is 0 Å². The zero-order valence-corrected chi connectivity index (χ0v) is 17.0. The van der Waals surface area contributed by atoms with Gasteiger partial charge < -0.3 is 11.1 Å². The minimum absolute atomic E-state index is 0.0483. The van der Waals surface area contributed by atoms with Crippen LogP contribution in [-0.2, 0) is 4.79 Å². The van der Waals surface area contributed by atoms with Crippen LogP contribution in [0.2, 0.25) is 0 Å². The third-order valence-corrected chi connectivity index (χ3v) is 5.10. The number of pyridine rings is 1. The van der Waals surface area contributed by atoms with Gasteiger partial charge in [-0.25, -0.2) is 4.98 Å². The standard InChI is InChI=1S/C23H25N5O/c1-23(2,3)9-7-16-11-17(12-18-20(16)27-28-21(18)24)15-8-10-25-19(13-15)26-22(29)14-5-4-6-14/h8,10-14H,4-6H2,1-3H3,(H3,24,27,28)(H,25,26,29). The van der Waals surface area contributed by atoms with Gasteiger partial charge in [-0.05, 0) is 69.0 Å². The van der Waals surface area contributed by atoms with E-state index < -0.39 is 0 Å². The summed E-state index contributed by atoms with van der Waals surface area (Å²) in [5.41, 5.74) is 9.50. The Morgan fingerprint density at radius 3 is 2.72 bits per heavy atom. The van der Waals surface area contributed by atoms with Crippen molar-refractivity contribution in [2.45, 2.75) is 40.0 Å². The van der Waals surface area contributed by atoms with E-state index in [4.69, 9.17) is 5.73 Å². The Balaban J connectivity index is 1.73. The number of nitrogens with two attached hydrogens (primary N) is 1. The number of aromatic nitrogens is 3. The predicted molar refractivity (Wildman–Crippen MR) is 116 cm³/mol. The summed E-state index contributed by atoms with van der Waals surface area (Å²) in [5.74, 6) is 7.70. The van der Waals surface area contributed by atoms with Crippen molar-refractivity contribution >= 4 is 28.4 Å². The van der Waals surface area contributed by atoms with Crippen LogP contribution in [0, 0.1) is 23.2 Å². The number of carbonyl (C=O) groups excluding carboxylic acids is 1. The van der Waals surface area contributed by atoms with Crippen LogP contribution in [0.25, 0.3) is 22.0 Å². The molecule has 2 aromatic heterocycles. The number of hydrogen-bond donors (Lipinski definition) is 3. The second-order valence-electron chi connectivity index (χ2n) is 8.60. The number of hydrogen-bond acceptors (Lipinski definition) is 4. The molecule has 4 N–H and O–H groups in total. The van der Waals surface area contributed by atoms with Crippen LogP contribution in [0.3, 0.4) is 0 Å². The largest absolute Gasteiger partial charge is 0.382 e. The van der Waals surface area contributed by atoms with E-state index in [0.29, 0.717) is 11.6 Å². The van der Waals surface area contributed by atoms with E-state index in [1.807, 2.05) is 24.3 Å². The van der Waals surface area contributed by atoms with Crippen molar-refractivity contribution in [3.63, 3.8) is 0 Å². The maximum absolute atomic E-state index is 12.3. The number of anilines is 2. The fourth-order valence-electron chi connectivity index (χ4n) is 3.24. The number of nitrogens with one attached hydrogen (secondary N) is 2. The fraction of sp³-hybridized carbons (Fsp3) is 0.348. The van der Waals surface area contributed by atoms with Crippen molar-refractivity contribution in [2.24, 2.45) is 11.3 Å². The quantitative estimate of drug-likeness (QED) is 0.582. The van der Waals surface area contributed by atoms with Crippen LogP contribution in [0.4, 0.5) is 11.6 Å². The van der Waals surface area contributed by atoms with Crippen LogP contribution in [0.5, 0.6) is 0 Å². The SMILES string of the molecule is CC(C)(C)C#Cc1cc(-c2ccnc(NC(=O)C3CCC3)c2)cc2c(N)n[nH]c12. The lowest BCUT2D eigenvalue weighted by Gasteiger charge is -2.23. The number of carbonyl (C=O) groups is 1. The highest BCUT2D eigenvalue weighted by Gasteiger charge is 2.25. The molecule has 6 heteroatoms. The molecule has 29 heavy (non-hydrogen) atoms. The van der Waals surface area contributed by atoms with Gasteiger partial charge in [0.15, 0.2) is 5.82 Å². The lowest BCUT2D eigenvalue weighted by atomic mass is 9.85. The number of rotatable bonds is 3. The third kappa shape index (κ3) is 4.09. The summed E-state index contributed by atoms with van der Waals surface area (Å²) >= 11 is 0. The van der Waals surface area contributed by atoms with E-state index in [2.05, 4.69) is 53.1 Å². The van der Waals surface area contributed by atoms with Gasteiger partial charge in [-0.1, -0.05) is 18.3 Å². The number of nitrogens with zero attached hydrogens (tertiary/aromatic N) is 2. The van der Waals surface area contributed by atoms with E-state index >= 15 is 0 Å². The molecule has 3 aromatic rings. The molecule has 1 saturated carbocycles. The zero-order chi connectivity index (χ0) is 20.6. The highest BCUT2D eigenvalue weighted by atomic mass is 16.2. The molecule has 4 rings (SSSR count). The highest BCUT2D eigenvalue weighted by molar-refractivity contribution is 5.97. The molecule has 1 aliphatic carbocycles. The second kappa shape index (κ2) is 7.25. The smallest absolute Gasteiger partial charge is 0.228 e. The third-order valence-electron chi connectivity index (χ3n) is 5.10. The number of fused-ring (bicyclic) bond motifs is 1. The molecule has 1 aromatic carbocycles. The molecule has 0 aliphatic heterocycles. The van der Waals surface area contributed by atoms with Gasteiger partial charge in [-0.15, -0.1) is 0 Å². The highest BCUT2D eigenvalue weighted by Crippen LogP contribution is 2.31. The van der Waals surface area contributed by atoms with Crippen LogP contribution in [-0.4, -0.2) is 21.1 Å². The molecule has 1 amide bonds. The molecule has 0 atom stereocenters. The molecule has 0 radical (unpaired) electrons. The Morgan fingerprint density at radius 1 is 1.24 bits per heavy atom. The molecular weight excluding hydrogens is 362 g/mol. The lowest BCUT2D eigenvalue weighted by molar-refractivity contribution is -0.122. The second-order valence-corrected chi connectivity index (χ2v) is 8.60. The minimum Gasteiger partial charge on any atom is -0.382 e. The summed E-state index contributed by atoms with van der Waals surface area (Å²) in [6.45, 7) is 6.22. The number of aromatic amines is 1. The summed E-state index contributed by atoms with van der Waals surface area (Å²) in [6.07, 6.45) is 4.74. The number of nitrogen functional groups attached to an aromatic ring is 1. The number of H-pyrrole nitrogens is 1. The first-order valence-corrected chi connectivity index (χ1v) is 9.88. The van der Waals surface area contributed by atoms with Crippen molar-refractivity contribution in [2.75, 3.05) is 11.1 Å². The molecular formula is C23H25N5O. The molecule has 148 valence electrons. The van der Waals surface area contributed by atoms with Crippen LogP contribution in [0.15, 0.2) is 30.5 Å². The summed E-state index contributed by atoms with van der Waals surface area (Å²) in [7, 11) is 0. The van der Waals surface area contributed by atoms with Gasteiger partial charge in [-0.3, -0.25) is 9.89 Å². The average Bonchev–Trinajstić information content (AvgIpc) is 2.99. The lowest BCUT2D eigenvalue weighted by Crippen LogP contribution is -2.28.